The van der Waals surface area contributed by atoms with Crippen LogP contribution in [0.1, 0.15) is 32.3 Å². The van der Waals surface area contributed by atoms with Crippen LogP contribution in [0.15, 0.2) is 22.7 Å². The van der Waals surface area contributed by atoms with Crippen LogP contribution < -0.4 is 10.2 Å². The molecule has 0 bridgehead atoms. The molecule has 28 heavy (non-hydrogen) atoms. The standard InChI is InChI=1S/C20H28ClN5O2/c1-13(2)23-18-9-15(3-4-16(18)11-22)19-24-20(28-25-19)26-7-5-14(6-8-26)17(10-21)12-27/h3-4,9,11,13-14,17,22-23,27H,5-8,10,12H2,1-2H3. The van der Waals surface area contributed by atoms with Crippen LogP contribution in [-0.4, -0.2) is 53.1 Å². The van der Waals surface area contributed by atoms with E-state index < -0.39 is 0 Å². The summed E-state index contributed by atoms with van der Waals surface area (Å²) in [5.41, 5.74) is 2.55. The zero-order valence-electron chi connectivity index (χ0n) is 16.4. The molecule has 1 aromatic heterocycles. The van der Waals surface area contributed by atoms with Crippen molar-refractivity contribution in [3.63, 3.8) is 0 Å². The van der Waals surface area contributed by atoms with Crippen molar-refractivity contribution >= 4 is 29.5 Å². The first-order valence-corrected chi connectivity index (χ1v) is 10.3. The van der Waals surface area contributed by atoms with Gasteiger partial charge in [0.15, 0.2) is 0 Å². The van der Waals surface area contributed by atoms with Crippen LogP contribution in [0.3, 0.4) is 0 Å². The van der Waals surface area contributed by atoms with Crippen LogP contribution in [0, 0.1) is 17.2 Å². The predicted molar refractivity (Wildman–Crippen MR) is 113 cm³/mol. The van der Waals surface area contributed by atoms with Crippen molar-refractivity contribution < 1.29 is 9.63 Å². The third-order valence-corrected chi connectivity index (χ3v) is 5.63. The number of alkyl halides is 1. The molecule has 0 radical (unpaired) electrons. The summed E-state index contributed by atoms with van der Waals surface area (Å²) in [6.07, 6.45) is 3.24. The highest BCUT2D eigenvalue weighted by atomic mass is 35.5. The summed E-state index contributed by atoms with van der Waals surface area (Å²) >= 11 is 5.96. The first kappa shape index (κ1) is 20.6. The molecule has 3 N–H and O–H groups in total. The summed E-state index contributed by atoms with van der Waals surface area (Å²) in [7, 11) is 0. The number of hydrogen-bond acceptors (Lipinski definition) is 7. The van der Waals surface area contributed by atoms with E-state index in [1.54, 1.807) is 0 Å². The Morgan fingerprint density at radius 3 is 2.75 bits per heavy atom. The zero-order chi connectivity index (χ0) is 20.1. The molecule has 1 aromatic carbocycles. The van der Waals surface area contributed by atoms with Gasteiger partial charge in [-0.1, -0.05) is 17.3 Å². The molecule has 2 aromatic rings. The molecule has 1 aliphatic heterocycles. The van der Waals surface area contributed by atoms with Crippen molar-refractivity contribution in [1.29, 1.82) is 5.41 Å². The number of nitrogens with zero attached hydrogens (tertiary/aromatic N) is 3. The van der Waals surface area contributed by atoms with E-state index in [-0.39, 0.29) is 18.6 Å². The minimum absolute atomic E-state index is 0.136. The molecule has 1 aliphatic rings. The van der Waals surface area contributed by atoms with Gasteiger partial charge in [-0.3, -0.25) is 0 Å². The van der Waals surface area contributed by atoms with Gasteiger partial charge < -0.3 is 25.3 Å². The fourth-order valence-corrected chi connectivity index (χ4v) is 3.95. The van der Waals surface area contributed by atoms with E-state index in [4.69, 9.17) is 21.5 Å². The topological polar surface area (TPSA) is 98.3 Å². The Hall–Kier alpha value is -2.12. The normalized spacial score (nSPS) is 16.4. The SMILES string of the molecule is CC(C)Nc1cc(-c2noc(N3CCC(C(CO)CCl)CC3)n2)ccc1C=N. The van der Waals surface area contributed by atoms with Crippen molar-refractivity contribution in [2.45, 2.75) is 32.7 Å². The second-order valence-corrected chi connectivity index (χ2v) is 7.88. The molecular weight excluding hydrogens is 378 g/mol. The Morgan fingerprint density at radius 2 is 2.14 bits per heavy atom. The lowest BCUT2D eigenvalue weighted by molar-refractivity contribution is 0.171. The highest BCUT2D eigenvalue weighted by Crippen LogP contribution is 2.30. The van der Waals surface area contributed by atoms with E-state index >= 15 is 0 Å². The minimum atomic E-state index is 0.136. The molecule has 7 nitrogen and oxygen atoms in total. The second-order valence-electron chi connectivity index (χ2n) is 7.57. The van der Waals surface area contributed by atoms with Crippen LogP contribution in [0.5, 0.6) is 0 Å². The molecule has 152 valence electrons. The third kappa shape index (κ3) is 4.64. The molecule has 3 rings (SSSR count). The van der Waals surface area contributed by atoms with Gasteiger partial charge in [0.1, 0.15) is 0 Å². The van der Waals surface area contributed by atoms with E-state index in [2.05, 4.69) is 34.2 Å². The van der Waals surface area contributed by atoms with Crippen molar-refractivity contribution in [3.8, 4) is 11.4 Å². The summed E-state index contributed by atoms with van der Waals surface area (Å²) in [5.74, 6) is 1.61. The number of piperidine rings is 1. The zero-order valence-corrected chi connectivity index (χ0v) is 17.1. The number of anilines is 2. The highest BCUT2D eigenvalue weighted by molar-refractivity contribution is 6.18. The highest BCUT2D eigenvalue weighted by Gasteiger charge is 2.28. The first-order chi connectivity index (χ1) is 13.5. The van der Waals surface area contributed by atoms with E-state index in [0.717, 1.165) is 42.7 Å². The summed E-state index contributed by atoms with van der Waals surface area (Å²) in [6.45, 7) is 5.88. The van der Waals surface area contributed by atoms with Gasteiger partial charge in [-0.15, -0.1) is 11.6 Å². The molecule has 8 heteroatoms. The Balaban J connectivity index is 1.72. The second kappa shape index (κ2) is 9.39. The Labute approximate surface area is 170 Å². The number of benzene rings is 1. The summed E-state index contributed by atoms with van der Waals surface area (Å²) < 4.78 is 5.51. The lowest BCUT2D eigenvalue weighted by Crippen LogP contribution is -2.37. The van der Waals surface area contributed by atoms with E-state index in [1.807, 2.05) is 18.2 Å². The van der Waals surface area contributed by atoms with Gasteiger partial charge in [0, 0.05) is 54.6 Å². The molecule has 1 fully saturated rings. The maximum absolute atomic E-state index is 9.45. The Bertz CT molecular complexity index is 783. The number of aliphatic hydroxyl groups is 1. The lowest BCUT2D eigenvalue weighted by Gasteiger charge is -2.33. The molecule has 0 saturated carbocycles. The monoisotopic (exact) mass is 405 g/mol. The quantitative estimate of drug-likeness (QED) is 0.458. The Kier molecular flexibility index (Phi) is 6.91. The molecule has 1 saturated heterocycles. The number of hydrogen-bond donors (Lipinski definition) is 3. The Morgan fingerprint density at radius 1 is 1.39 bits per heavy atom. The average molecular weight is 406 g/mol. The van der Waals surface area contributed by atoms with Gasteiger partial charge in [-0.25, -0.2) is 0 Å². The van der Waals surface area contributed by atoms with Crippen LogP contribution in [0.2, 0.25) is 0 Å². The number of halogens is 1. The number of rotatable bonds is 8. The number of aliphatic hydroxyl groups excluding tert-OH is 1. The van der Waals surface area contributed by atoms with Gasteiger partial charge >= 0.3 is 6.01 Å². The molecule has 0 aliphatic carbocycles. The fraction of sp³-hybridized carbons (Fsp3) is 0.550. The number of nitrogens with one attached hydrogen (secondary N) is 2. The van der Waals surface area contributed by atoms with Crippen LogP contribution in [0.4, 0.5) is 11.7 Å². The van der Waals surface area contributed by atoms with Crippen LogP contribution >= 0.6 is 11.6 Å². The molecule has 0 amide bonds. The first-order valence-electron chi connectivity index (χ1n) is 9.72. The van der Waals surface area contributed by atoms with Gasteiger partial charge in [-0.05, 0) is 44.6 Å². The largest absolute Gasteiger partial charge is 0.396 e. The van der Waals surface area contributed by atoms with Crippen molar-refractivity contribution in [2.24, 2.45) is 11.8 Å². The fourth-order valence-electron chi connectivity index (χ4n) is 3.60. The van der Waals surface area contributed by atoms with E-state index in [0.29, 0.717) is 23.6 Å². The maximum atomic E-state index is 9.45. The van der Waals surface area contributed by atoms with Crippen LogP contribution in [-0.2, 0) is 0 Å². The van der Waals surface area contributed by atoms with E-state index in [9.17, 15) is 5.11 Å². The molecule has 2 heterocycles. The lowest BCUT2D eigenvalue weighted by atomic mass is 9.86. The van der Waals surface area contributed by atoms with Gasteiger partial charge in [0.25, 0.3) is 0 Å². The van der Waals surface area contributed by atoms with Gasteiger partial charge in [0.05, 0.1) is 0 Å². The van der Waals surface area contributed by atoms with Crippen molar-refractivity contribution in [2.75, 3.05) is 35.8 Å². The minimum Gasteiger partial charge on any atom is -0.396 e. The van der Waals surface area contributed by atoms with Gasteiger partial charge in [-0.2, -0.15) is 4.98 Å². The smallest absolute Gasteiger partial charge is 0.324 e. The maximum Gasteiger partial charge on any atom is 0.324 e. The summed E-state index contributed by atoms with van der Waals surface area (Å²) in [4.78, 5) is 6.67. The molecular formula is C20H28ClN5O2. The number of aromatic nitrogens is 2. The van der Waals surface area contributed by atoms with Crippen molar-refractivity contribution in [3.05, 3.63) is 23.8 Å². The average Bonchev–Trinajstić information content (AvgIpc) is 3.19. The molecule has 1 unspecified atom stereocenters. The van der Waals surface area contributed by atoms with Crippen LogP contribution in [0.25, 0.3) is 11.4 Å². The summed E-state index contributed by atoms with van der Waals surface area (Å²) in [5, 5.41) is 24.5. The predicted octanol–water partition coefficient (Wildman–Crippen LogP) is 3.62. The summed E-state index contributed by atoms with van der Waals surface area (Å²) in [6, 6.07) is 6.52. The van der Waals surface area contributed by atoms with Crippen molar-refractivity contribution in [1.82, 2.24) is 10.1 Å². The third-order valence-electron chi connectivity index (χ3n) is 5.24. The van der Waals surface area contributed by atoms with E-state index in [1.165, 1.54) is 6.21 Å². The molecule has 0 spiro atoms. The van der Waals surface area contributed by atoms with Gasteiger partial charge in [0.2, 0.25) is 5.82 Å². The molecule has 1 atom stereocenters.